The normalized spacial score (nSPS) is 13.8. The van der Waals surface area contributed by atoms with E-state index in [1.165, 1.54) is 0 Å². The van der Waals surface area contributed by atoms with Gasteiger partial charge in [-0.25, -0.2) is 0 Å². The van der Waals surface area contributed by atoms with Crippen LogP contribution in [0.2, 0.25) is 0 Å². The van der Waals surface area contributed by atoms with Crippen molar-refractivity contribution in [1.29, 1.82) is 0 Å². The zero-order chi connectivity index (χ0) is 16.0. The van der Waals surface area contributed by atoms with E-state index in [0.717, 1.165) is 16.9 Å². The highest BCUT2D eigenvalue weighted by molar-refractivity contribution is 5.67. The first-order valence-electron chi connectivity index (χ1n) is 6.80. The van der Waals surface area contributed by atoms with Gasteiger partial charge in [-0.05, 0) is 42.7 Å². The smallest absolute Gasteiger partial charge is 0.305 e. The minimum Gasteiger partial charge on any atom is -0.496 e. The molecule has 0 fully saturated rings. The molecule has 0 heterocycles. The number of aliphatic carboxylic acids is 1. The maximum absolute atomic E-state index is 10.9. The number of nitrogens with one attached hydrogen (secondary N) is 1. The summed E-state index contributed by atoms with van der Waals surface area (Å²) in [5.41, 5.74) is 2.35. The van der Waals surface area contributed by atoms with Crippen LogP contribution in [0.3, 0.4) is 0 Å². The van der Waals surface area contributed by atoms with Crippen LogP contribution in [0.5, 0.6) is 5.75 Å². The summed E-state index contributed by atoms with van der Waals surface area (Å²) in [4.78, 5) is 10.9. The minimum atomic E-state index is -1.01. The lowest BCUT2D eigenvalue weighted by molar-refractivity contribution is -0.138. The third-order valence-corrected chi connectivity index (χ3v) is 3.40. The molecule has 2 atom stereocenters. The molecule has 6 heteroatoms. The average molecular weight is 297 g/mol. The molecule has 0 bridgehead atoms. The van der Waals surface area contributed by atoms with Crippen molar-refractivity contribution in [2.45, 2.75) is 32.4 Å². The standard InChI is InChI=1S/C15H23NO5/c1-9-7-13(21-3)10(2)6-11(9)15(20)12(8-14(18)19)16-4-5-17/h6-7,12,15-17,20H,4-5,8H2,1-3H3,(H,18,19). The Bertz CT molecular complexity index is 489. The number of benzene rings is 1. The number of carbonyl (C=O) groups is 1. The molecule has 2 unspecified atom stereocenters. The number of ether oxygens (including phenoxy) is 1. The number of aryl methyl sites for hydroxylation is 2. The van der Waals surface area contributed by atoms with Gasteiger partial charge >= 0.3 is 5.97 Å². The second kappa shape index (κ2) is 7.97. The molecule has 4 N–H and O–H groups in total. The summed E-state index contributed by atoms with van der Waals surface area (Å²) < 4.78 is 5.23. The third-order valence-electron chi connectivity index (χ3n) is 3.40. The van der Waals surface area contributed by atoms with E-state index in [4.69, 9.17) is 14.9 Å². The first-order valence-corrected chi connectivity index (χ1v) is 6.80. The van der Waals surface area contributed by atoms with E-state index in [1.807, 2.05) is 19.9 Å². The SMILES string of the molecule is COc1cc(C)c(C(O)C(CC(=O)O)NCCO)cc1C. The number of aliphatic hydroxyl groups excluding tert-OH is 2. The Labute approximate surface area is 124 Å². The van der Waals surface area contributed by atoms with Crippen LogP contribution in [0.15, 0.2) is 12.1 Å². The van der Waals surface area contributed by atoms with Gasteiger partial charge in [-0.1, -0.05) is 0 Å². The largest absolute Gasteiger partial charge is 0.496 e. The molecule has 1 aromatic carbocycles. The number of carboxylic acids is 1. The topological polar surface area (TPSA) is 99.0 Å². The summed E-state index contributed by atoms with van der Waals surface area (Å²) in [6.45, 7) is 3.80. The van der Waals surface area contributed by atoms with Gasteiger partial charge in [0, 0.05) is 12.6 Å². The van der Waals surface area contributed by atoms with Gasteiger partial charge in [0.2, 0.25) is 0 Å². The fraction of sp³-hybridized carbons (Fsp3) is 0.533. The number of hydrogen-bond acceptors (Lipinski definition) is 5. The lowest BCUT2D eigenvalue weighted by Gasteiger charge is -2.25. The molecule has 0 radical (unpaired) electrons. The van der Waals surface area contributed by atoms with Gasteiger partial charge in [0.25, 0.3) is 0 Å². The Morgan fingerprint density at radius 1 is 1.33 bits per heavy atom. The highest BCUT2D eigenvalue weighted by atomic mass is 16.5. The maximum atomic E-state index is 10.9. The molecular weight excluding hydrogens is 274 g/mol. The Kier molecular flexibility index (Phi) is 6.61. The van der Waals surface area contributed by atoms with Crippen molar-refractivity contribution in [3.8, 4) is 5.75 Å². The first kappa shape index (κ1) is 17.4. The van der Waals surface area contributed by atoms with E-state index in [1.54, 1.807) is 13.2 Å². The number of methoxy groups -OCH3 is 1. The van der Waals surface area contributed by atoms with Crippen molar-refractivity contribution in [2.24, 2.45) is 0 Å². The molecular formula is C15H23NO5. The van der Waals surface area contributed by atoms with Crippen LogP contribution >= 0.6 is 0 Å². The van der Waals surface area contributed by atoms with Crippen molar-refractivity contribution in [3.05, 3.63) is 28.8 Å². The van der Waals surface area contributed by atoms with E-state index >= 15 is 0 Å². The highest BCUT2D eigenvalue weighted by Crippen LogP contribution is 2.29. The quantitative estimate of drug-likeness (QED) is 0.566. The predicted octanol–water partition coefficient (Wildman–Crippen LogP) is 0.771. The second-order valence-corrected chi connectivity index (χ2v) is 5.01. The molecule has 118 valence electrons. The highest BCUT2D eigenvalue weighted by Gasteiger charge is 2.25. The maximum Gasteiger partial charge on any atom is 0.305 e. The molecule has 0 aliphatic rings. The lowest BCUT2D eigenvalue weighted by atomic mass is 9.94. The van der Waals surface area contributed by atoms with Crippen molar-refractivity contribution >= 4 is 5.97 Å². The van der Waals surface area contributed by atoms with E-state index in [-0.39, 0.29) is 19.6 Å². The molecule has 0 aliphatic heterocycles. The van der Waals surface area contributed by atoms with Gasteiger partial charge in [0.1, 0.15) is 5.75 Å². The summed E-state index contributed by atoms with van der Waals surface area (Å²) in [5.74, 6) is -0.283. The van der Waals surface area contributed by atoms with Crippen molar-refractivity contribution in [1.82, 2.24) is 5.32 Å². The van der Waals surface area contributed by atoms with Gasteiger partial charge in [-0.2, -0.15) is 0 Å². The molecule has 1 aromatic rings. The summed E-state index contributed by atoms with van der Waals surface area (Å²) >= 11 is 0. The lowest BCUT2D eigenvalue weighted by Crippen LogP contribution is -2.38. The van der Waals surface area contributed by atoms with Gasteiger partial charge < -0.3 is 25.4 Å². The van der Waals surface area contributed by atoms with Crippen LogP contribution in [0, 0.1) is 13.8 Å². The summed E-state index contributed by atoms with van der Waals surface area (Å²) in [6.07, 6.45) is -1.21. The molecule has 0 saturated carbocycles. The molecule has 1 rings (SSSR count). The van der Waals surface area contributed by atoms with Gasteiger partial charge in [0.15, 0.2) is 0 Å². The van der Waals surface area contributed by atoms with Crippen molar-refractivity contribution in [3.63, 3.8) is 0 Å². The Hall–Kier alpha value is -1.63. The molecule has 0 amide bonds. The number of carboxylic acid groups (broad SMARTS) is 1. The van der Waals surface area contributed by atoms with E-state index in [0.29, 0.717) is 5.56 Å². The average Bonchev–Trinajstić information content (AvgIpc) is 2.44. The summed E-state index contributed by atoms with van der Waals surface area (Å²) in [7, 11) is 1.58. The van der Waals surface area contributed by atoms with Gasteiger partial charge in [-0.15, -0.1) is 0 Å². The third kappa shape index (κ3) is 4.70. The molecule has 21 heavy (non-hydrogen) atoms. The molecule has 0 saturated heterocycles. The molecule has 0 aromatic heterocycles. The minimum absolute atomic E-state index is 0.122. The van der Waals surface area contributed by atoms with Crippen LogP contribution in [-0.4, -0.2) is 47.6 Å². The first-order chi connectivity index (χ1) is 9.90. The summed E-state index contributed by atoms with van der Waals surface area (Å²) in [6, 6.07) is 2.95. The Balaban J connectivity index is 3.04. The van der Waals surface area contributed by atoms with E-state index < -0.39 is 18.1 Å². The van der Waals surface area contributed by atoms with E-state index in [2.05, 4.69) is 5.32 Å². The monoisotopic (exact) mass is 297 g/mol. The van der Waals surface area contributed by atoms with Crippen LogP contribution < -0.4 is 10.1 Å². The van der Waals surface area contributed by atoms with Crippen LogP contribution in [0.4, 0.5) is 0 Å². The second-order valence-electron chi connectivity index (χ2n) is 5.01. The fourth-order valence-electron chi connectivity index (χ4n) is 2.30. The van der Waals surface area contributed by atoms with Crippen molar-refractivity contribution in [2.75, 3.05) is 20.3 Å². The molecule has 0 aliphatic carbocycles. The van der Waals surface area contributed by atoms with Gasteiger partial charge in [0.05, 0.1) is 26.2 Å². The van der Waals surface area contributed by atoms with Crippen LogP contribution in [0.1, 0.15) is 29.2 Å². The Morgan fingerprint density at radius 2 is 2.00 bits per heavy atom. The molecule has 6 nitrogen and oxygen atoms in total. The van der Waals surface area contributed by atoms with Crippen LogP contribution in [0.25, 0.3) is 0 Å². The zero-order valence-electron chi connectivity index (χ0n) is 12.6. The number of aliphatic hydroxyl groups is 2. The van der Waals surface area contributed by atoms with Crippen molar-refractivity contribution < 1.29 is 24.9 Å². The Morgan fingerprint density at radius 3 is 2.52 bits per heavy atom. The summed E-state index contributed by atoms with van der Waals surface area (Å²) in [5, 5.41) is 31.2. The predicted molar refractivity (Wildman–Crippen MR) is 78.6 cm³/mol. The molecule has 0 spiro atoms. The number of hydrogen-bond donors (Lipinski definition) is 4. The van der Waals surface area contributed by atoms with Gasteiger partial charge in [-0.3, -0.25) is 4.79 Å². The number of rotatable bonds is 8. The fourth-order valence-corrected chi connectivity index (χ4v) is 2.30. The van der Waals surface area contributed by atoms with E-state index in [9.17, 15) is 9.90 Å². The van der Waals surface area contributed by atoms with Crippen LogP contribution in [-0.2, 0) is 4.79 Å². The zero-order valence-corrected chi connectivity index (χ0v) is 12.6.